The summed E-state index contributed by atoms with van der Waals surface area (Å²) >= 11 is 0. The Morgan fingerprint density at radius 3 is 2.25 bits per heavy atom. The van der Waals surface area contributed by atoms with E-state index in [1.54, 1.807) is 0 Å². The monoisotopic (exact) mass is 229 g/mol. The minimum absolute atomic E-state index is 0. The number of esters is 1. The maximum Gasteiger partial charge on any atom is 0.333 e. The molecule has 0 amide bonds. The second-order valence-corrected chi connectivity index (χ2v) is 3.38. The molecule has 0 unspecified atom stereocenters. The Morgan fingerprint density at radius 1 is 1.25 bits per heavy atom. The van der Waals surface area contributed by atoms with Crippen molar-refractivity contribution in [1.29, 1.82) is 0 Å². The van der Waals surface area contributed by atoms with Crippen LogP contribution in [-0.2, 0) is 9.53 Å². The third-order valence-corrected chi connectivity index (χ3v) is 1.95. The minimum atomic E-state index is -0.237. The van der Waals surface area contributed by atoms with Crippen molar-refractivity contribution in [3.8, 4) is 0 Å². The summed E-state index contributed by atoms with van der Waals surface area (Å²) in [7, 11) is 0. The molecule has 0 bridgehead atoms. The molecule has 16 heavy (non-hydrogen) atoms. The number of hydrogen-bond acceptors (Lipinski definition) is 3. The van der Waals surface area contributed by atoms with E-state index in [1.165, 1.54) is 12.8 Å². The van der Waals surface area contributed by atoms with Gasteiger partial charge in [0, 0.05) is 12.2 Å². The summed E-state index contributed by atoms with van der Waals surface area (Å²) in [6, 6.07) is 0. The fourth-order valence-corrected chi connectivity index (χ4v) is 0.940. The summed E-state index contributed by atoms with van der Waals surface area (Å²) in [5.41, 5.74) is 0.565. The van der Waals surface area contributed by atoms with Crippen molar-refractivity contribution >= 4 is 5.97 Å². The third kappa shape index (κ3) is 13.2. The van der Waals surface area contributed by atoms with E-state index in [1.807, 2.05) is 6.92 Å². The van der Waals surface area contributed by atoms with Crippen LogP contribution in [0.3, 0.4) is 0 Å². The van der Waals surface area contributed by atoms with E-state index in [9.17, 15) is 4.79 Å². The zero-order chi connectivity index (χ0) is 12.8. The van der Waals surface area contributed by atoms with Gasteiger partial charge in [-0.25, -0.2) is 4.79 Å². The van der Waals surface area contributed by atoms with Crippen molar-refractivity contribution in [3.63, 3.8) is 0 Å². The van der Waals surface area contributed by atoms with E-state index >= 15 is 0 Å². The van der Waals surface area contributed by atoms with E-state index in [-0.39, 0.29) is 12.6 Å². The van der Waals surface area contributed by atoms with Gasteiger partial charge in [-0.1, -0.05) is 39.7 Å². The van der Waals surface area contributed by atoms with Crippen LogP contribution in [-0.4, -0.2) is 24.3 Å². The van der Waals surface area contributed by atoms with Crippen LogP contribution in [0.1, 0.15) is 46.0 Å². The molecular weight excluding hydrogens is 204 g/mol. The first-order valence-electron chi connectivity index (χ1n) is 5.88. The van der Waals surface area contributed by atoms with E-state index < -0.39 is 0 Å². The molecule has 0 heterocycles. The number of aliphatic hydroxyl groups is 1. The first-order chi connectivity index (χ1) is 7.63. The fourth-order valence-electron chi connectivity index (χ4n) is 0.940. The van der Waals surface area contributed by atoms with Crippen LogP contribution in [0.2, 0.25) is 0 Å². The highest BCUT2D eigenvalue weighted by Crippen LogP contribution is 2.03. The highest BCUT2D eigenvalue weighted by Gasteiger charge is 2.04. The predicted octanol–water partition coefficient (Wildman–Crippen LogP) is 2.89. The van der Waals surface area contributed by atoms with Gasteiger partial charge in [-0.05, 0) is 19.8 Å². The van der Waals surface area contributed by atoms with Gasteiger partial charge < -0.3 is 9.84 Å². The van der Waals surface area contributed by atoms with Crippen molar-refractivity contribution < 1.29 is 14.6 Å². The first kappa shape index (κ1) is 17.6. The lowest BCUT2D eigenvalue weighted by molar-refractivity contribution is -0.139. The topological polar surface area (TPSA) is 46.5 Å². The summed E-state index contributed by atoms with van der Waals surface area (Å²) in [6.07, 6.45) is 5.20. The lowest BCUT2D eigenvalue weighted by atomic mass is 10.2. The molecule has 95 valence electrons. The summed E-state index contributed by atoms with van der Waals surface area (Å²) in [6.45, 7) is 11.3. The molecule has 1 radical (unpaired) electrons. The Hall–Kier alpha value is -0.830. The lowest BCUT2D eigenvalue weighted by Crippen LogP contribution is -2.07. The molecule has 1 N–H and O–H groups in total. The van der Waals surface area contributed by atoms with Crippen molar-refractivity contribution in [2.24, 2.45) is 0 Å². The standard InChI is InChI=1S/C11H20O2.C2H5O/c1-4-6-7-8-9-13-11(12)10(3)5-2;1-2-3/h3-9H2,1-2H3;3H,1-2H2. The molecule has 0 saturated carbocycles. The number of hydrogen-bond donors (Lipinski definition) is 1. The molecule has 0 aliphatic rings. The largest absolute Gasteiger partial charge is 0.462 e. The fraction of sp³-hybridized carbons (Fsp3) is 0.692. The summed E-state index contributed by atoms with van der Waals surface area (Å²) < 4.78 is 5.00. The third-order valence-electron chi connectivity index (χ3n) is 1.95. The second-order valence-electron chi connectivity index (χ2n) is 3.38. The van der Waals surface area contributed by atoms with Crippen molar-refractivity contribution in [2.75, 3.05) is 13.2 Å². The van der Waals surface area contributed by atoms with Crippen molar-refractivity contribution in [1.82, 2.24) is 0 Å². The van der Waals surface area contributed by atoms with Gasteiger partial charge in [0.2, 0.25) is 0 Å². The van der Waals surface area contributed by atoms with E-state index in [2.05, 4.69) is 20.4 Å². The smallest absolute Gasteiger partial charge is 0.333 e. The van der Waals surface area contributed by atoms with Crippen LogP contribution in [0.4, 0.5) is 0 Å². The normalized spacial score (nSPS) is 9.00. The highest BCUT2D eigenvalue weighted by atomic mass is 16.5. The molecule has 3 nitrogen and oxygen atoms in total. The molecule has 0 aromatic carbocycles. The quantitative estimate of drug-likeness (QED) is 0.415. The number of rotatable bonds is 7. The Morgan fingerprint density at radius 2 is 1.81 bits per heavy atom. The predicted molar refractivity (Wildman–Crippen MR) is 67.0 cm³/mol. The molecule has 0 aromatic rings. The van der Waals surface area contributed by atoms with Crippen LogP contribution in [0, 0.1) is 6.92 Å². The van der Waals surface area contributed by atoms with Crippen molar-refractivity contribution in [2.45, 2.75) is 46.0 Å². The van der Waals surface area contributed by atoms with Gasteiger partial charge in [-0.15, -0.1) is 0 Å². The molecular formula is C13H25O3. The average molecular weight is 229 g/mol. The van der Waals surface area contributed by atoms with E-state index in [0.29, 0.717) is 18.6 Å². The zero-order valence-electron chi connectivity index (χ0n) is 10.6. The van der Waals surface area contributed by atoms with Gasteiger partial charge in [0.15, 0.2) is 0 Å². The van der Waals surface area contributed by atoms with E-state index in [4.69, 9.17) is 9.84 Å². The summed E-state index contributed by atoms with van der Waals surface area (Å²) in [5, 5.41) is 7.46. The van der Waals surface area contributed by atoms with E-state index in [0.717, 1.165) is 12.8 Å². The maximum absolute atomic E-state index is 11.1. The Balaban J connectivity index is 0. The molecule has 3 heteroatoms. The van der Waals surface area contributed by atoms with Crippen LogP contribution in [0.25, 0.3) is 0 Å². The number of unbranched alkanes of at least 4 members (excludes halogenated alkanes) is 3. The first-order valence-corrected chi connectivity index (χ1v) is 5.88. The second kappa shape index (κ2) is 14.2. The molecule has 0 aromatic heterocycles. The van der Waals surface area contributed by atoms with Gasteiger partial charge in [0.05, 0.1) is 6.61 Å². The van der Waals surface area contributed by atoms with Gasteiger partial charge in [0.25, 0.3) is 0 Å². The highest BCUT2D eigenvalue weighted by molar-refractivity contribution is 5.87. The van der Waals surface area contributed by atoms with Crippen molar-refractivity contribution in [3.05, 3.63) is 19.1 Å². The van der Waals surface area contributed by atoms with Gasteiger partial charge in [-0.2, -0.15) is 0 Å². The van der Waals surface area contributed by atoms with Crippen LogP contribution in [0.5, 0.6) is 0 Å². The molecule has 0 aliphatic carbocycles. The van der Waals surface area contributed by atoms with Crippen LogP contribution >= 0.6 is 0 Å². The molecule has 0 saturated heterocycles. The van der Waals surface area contributed by atoms with Gasteiger partial charge in [-0.3, -0.25) is 0 Å². The lowest BCUT2D eigenvalue weighted by Gasteiger charge is -2.04. The number of aliphatic hydroxyl groups excluding tert-OH is 1. The molecule has 0 spiro atoms. The number of ether oxygens (including phenoxy) is 1. The number of carbonyl (C=O) groups excluding carboxylic acids is 1. The number of carbonyl (C=O) groups is 1. The minimum Gasteiger partial charge on any atom is -0.462 e. The molecule has 0 rings (SSSR count). The van der Waals surface area contributed by atoms with Crippen LogP contribution < -0.4 is 0 Å². The zero-order valence-corrected chi connectivity index (χ0v) is 10.6. The summed E-state index contributed by atoms with van der Waals surface area (Å²) in [4.78, 5) is 11.1. The van der Waals surface area contributed by atoms with Crippen LogP contribution in [0.15, 0.2) is 12.2 Å². The average Bonchev–Trinajstić information content (AvgIpc) is 2.28. The Bertz CT molecular complexity index is 176. The van der Waals surface area contributed by atoms with Gasteiger partial charge >= 0.3 is 5.97 Å². The SMILES string of the molecule is C=C(CC)C(=O)OCCCCCC.[CH2]CO. The van der Waals surface area contributed by atoms with Gasteiger partial charge in [0.1, 0.15) is 0 Å². The summed E-state index contributed by atoms with van der Waals surface area (Å²) in [5.74, 6) is -0.237. The molecule has 0 atom stereocenters. The molecule has 0 aliphatic heterocycles. The Kier molecular flexibility index (Phi) is 15.6. The maximum atomic E-state index is 11.1. The molecule has 0 fully saturated rings. The Labute approximate surface area is 99.5 Å².